The third kappa shape index (κ3) is 4.29. The molecule has 0 radical (unpaired) electrons. The maximum Gasteiger partial charge on any atom is 0.271 e. The maximum atomic E-state index is 12.3. The van der Waals surface area contributed by atoms with Crippen molar-refractivity contribution in [3.63, 3.8) is 0 Å². The molecule has 0 aliphatic carbocycles. The van der Waals surface area contributed by atoms with Crippen molar-refractivity contribution in [2.45, 2.75) is 24.1 Å². The Labute approximate surface area is 137 Å². The van der Waals surface area contributed by atoms with Gasteiger partial charge in [0.25, 0.3) is 10.0 Å². The van der Waals surface area contributed by atoms with E-state index in [1.807, 2.05) is 32.0 Å². The SMILES string of the molecule is CCNC(C)c1cccc(NS(=O)(=O)c2ccc(Br)s2)c1. The molecule has 1 aromatic carbocycles. The monoisotopic (exact) mass is 388 g/mol. The second-order valence-electron chi connectivity index (χ2n) is 4.57. The van der Waals surface area contributed by atoms with Crippen LogP contribution < -0.4 is 10.0 Å². The summed E-state index contributed by atoms with van der Waals surface area (Å²) in [5.74, 6) is 0. The van der Waals surface area contributed by atoms with E-state index in [0.717, 1.165) is 15.9 Å². The molecule has 2 rings (SSSR count). The van der Waals surface area contributed by atoms with Crippen molar-refractivity contribution in [3.8, 4) is 0 Å². The average molecular weight is 389 g/mol. The molecule has 0 saturated carbocycles. The van der Waals surface area contributed by atoms with Gasteiger partial charge in [0.1, 0.15) is 4.21 Å². The summed E-state index contributed by atoms with van der Waals surface area (Å²) in [6.07, 6.45) is 0. The van der Waals surface area contributed by atoms with Crippen molar-refractivity contribution in [1.82, 2.24) is 5.32 Å². The van der Waals surface area contributed by atoms with E-state index in [2.05, 4.69) is 26.0 Å². The Morgan fingerprint density at radius 1 is 1.29 bits per heavy atom. The zero-order valence-corrected chi connectivity index (χ0v) is 15.0. The summed E-state index contributed by atoms with van der Waals surface area (Å²) in [6.45, 7) is 4.95. The molecule has 114 valence electrons. The molecule has 0 amide bonds. The Hall–Kier alpha value is -0.890. The van der Waals surface area contributed by atoms with Crippen molar-refractivity contribution < 1.29 is 8.42 Å². The molecule has 0 fully saturated rings. The second-order valence-corrected chi connectivity index (χ2v) is 8.94. The predicted molar refractivity (Wildman–Crippen MR) is 91.4 cm³/mol. The van der Waals surface area contributed by atoms with Crippen LogP contribution in [0.5, 0.6) is 0 Å². The molecule has 0 spiro atoms. The van der Waals surface area contributed by atoms with Crippen LogP contribution in [-0.2, 0) is 10.0 Å². The number of hydrogen-bond acceptors (Lipinski definition) is 4. The molecule has 0 aliphatic rings. The Morgan fingerprint density at radius 3 is 2.67 bits per heavy atom. The smallest absolute Gasteiger partial charge is 0.271 e. The van der Waals surface area contributed by atoms with Crippen LogP contribution in [0.25, 0.3) is 0 Å². The van der Waals surface area contributed by atoms with Crippen LogP contribution in [-0.4, -0.2) is 15.0 Å². The number of benzene rings is 1. The molecule has 1 atom stereocenters. The molecule has 0 aliphatic heterocycles. The number of thiophene rings is 1. The summed E-state index contributed by atoms with van der Waals surface area (Å²) >= 11 is 4.46. The molecule has 21 heavy (non-hydrogen) atoms. The van der Waals surface area contributed by atoms with Crippen molar-refractivity contribution in [2.24, 2.45) is 0 Å². The van der Waals surface area contributed by atoms with E-state index in [4.69, 9.17) is 0 Å². The lowest BCUT2D eigenvalue weighted by atomic mass is 10.1. The third-order valence-electron chi connectivity index (χ3n) is 2.96. The van der Waals surface area contributed by atoms with Crippen LogP contribution in [0, 0.1) is 0 Å². The van der Waals surface area contributed by atoms with Gasteiger partial charge in [0, 0.05) is 11.7 Å². The van der Waals surface area contributed by atoms with E-state index in [1.54, 1.807) is 18.2 Å². The lowest BCUT2D eigenvalue weighted by Gasteiger charge is -2.14. The molecule has 2 N–H and O–H groups in total. The molecule has 4 nitrogen and oxygen atoms in total. The van der Waals surface area contributed by atoms with Gasteiger partial charge in [-0.3, -0.25) is 4.72 Å². The van der Waals surface area contributed by atoms with Gasteiger partial charge < -0.3 is 5.32 Å². The normalized spacial score (nSPS) is 13.1. The highest BCUT2D eigenvalue weighted by atomic mass is 79.9. The minimum absolute atomic E-state index is 0.176. The van der Waals surface area contributed by atoms with Crippen LogP contribution in [0.3, 0.4) is 0 Å². The van der Waals surface area contributed by atoms with Gasteiger partial charge in [-0.2, -0.15) is 0 Å². The lowest BCUT2D eigenvalue weighted by molar-refractivity contribution is 0.597. The van der Waals surface area contributed by atoms with Crippen molar-refractivity contribution in [1.29, 1.82) is 0 Å². The van der Waals surface area contributed by atoms with E-state index in [1.165, 1.54) is 11.3 Å². The maximum absolute atomic E-state index is 12.3. The van der Waals surface area contributed by atoms with Gasteiger partial charge in [0.2, 0.25) is 0 Å². The highest BCUT2D eigenvalue weighted by Crippen LogP contribution is 2.28. The van der Waals surface area contributed by atoms with Crippen LogP contribution in [0.2, 0.25) is 0 Å². The largest absolute Gasteiger partial charge is 0.310 e. The fourth-order valence-corrected chi connectivity index (χ4v) is 5.00. The minimum Gasteiger partial charge on any atom is -0.310 e. The third-order valence-corrected chi connectivity index (χ3v) is 6.46. The Bertz CT molecular complexity index is 713. The fourth-order valence-electron chi connectivity index (χ4n) is 1.94. The van der Waals surface area contributed by atoms with Crippen LogP contribution in [0.4, 0.5) is 5.69 Å². The lowest BCUT2D eigenvalue weighted by Crippen LogP contribution is -2.18. The molecule has 7 heteroatoms. The molecular formula is C14H17BrN2O2S2. The Kier molecular flexibility index (Phi) is 5.43. The molecule has 0 saturated heterocycles. The number of hydrogen-bond donors (Lipinski definition) is 2. The number of anilines is 1. The average Bonchev–Trinajstić information content (AvgIpc) is 2.86. The number of halogens is 1. The molecule has 0 bridgehead atoms. The van der Waals surface area contributed by atoms with E-state index >= 15 is 0 Å². The zero-order chi connectivity index (χ0) is 15.5. The van der Waals surface area contributed by atoms with Gasteiger partial charge in [-0.25, -0.2) is 8.42 Å². The number of rotatable bonds is 6. The first-order valence-corrected chi connectivity index (χ1v) is 9.63. The standard InChI is InChI=1S/C14H17BrN2O2S2/c1-3-16-10(2)11-5-4-6-12(9-11)17-21(18,19)14-8-7-13(15)20-14/h4-10,16-17H,3H2,1-2H3. The quantitative estimate of drug-likeness (QED) is 0.786. The van der Waals surface area contributed by atoms with Gasteiger partial charge in [-0.1, -0.05) is 19.1 Å². The molecule has 1 heterocycles. The number of nitrogens with one attached hydrogen (secondary N) is 2. The van der Waals surface area contributed by atoms with E-state index in [9.17, 15) is 8.42 Å². The van der Waals surface area contributed by atoms with Crippen molar-refractivity contribution >= 4 is 43.0 Å². The van der Waals surface area contributed by atoms with Gasteiger partial charge in [-0.05, 0) is 59.2 Å². The first kappa shape index (κ1) is 16.5. The molecule has 2 aromatic rings. The minimum atomic E-state index is -3.53. The summed E-state index contributed by atoms with van der Waals surface area (Å²) in [6, 6.07) is 10.9. The summed E-state index contributed by atoms with van der Waals surface area (Å²) in [5.41, 5.74) is 1.62. The summed E-state index contributed by atoms with van der Waals surface area (Å²) in [4.78, 5) is 0. The zero-order valence-electron chi connectivity index (χ0n) is 11.8. The summed E-state index contributed by atoms with van der Waals surface area (Å²) in [5, 5.41) is 3.31. The summed E-state index contributed by atoms with van der Waals surface area (Å²) in [7, 11) is -3.53. The first-order chi connectivity index (χ1) is 9.92. The van der Waals surface area contributed by atoms with E-state index in [-0.39, 0.29) is 6.04 Å². The van der Waals surface area contributed by atoms with Gasteiger partial charge in [0.15, 0.2) is 0 Å². The molecule has 1 aromatic heterocycles. The van der Waals surface area contributed by atoms with Crippen molar-refractivity contribution in [2.75, 3.05) is 11.3 Å². The molecular weight excluding hydrogens is 372 g/mol. The van der Waals surface area contributed by atoms with Gasteiger partial charge in [-0.15, -0.1) is 11.3 Å². The van der Waals surface area contributed by atoms with Gasteiger partial charge in [0.05, 0.1) is 3.79 Å². The topological polar surface area (TPSA) is 58.2 Å². The molecule has 1 unspecified atom stereocenters. The van der Waals surface area contributed by atoms with Crippen LogP contribution in [0.15, 0.2) is 44.4 Å². The Balaban J connectivity index is 2.21. The van der Waals surface area contributed by atoms with Crippen molar-refractivity contribution in [3.05, 3.63) is 45.7 Å². The number of sulfonamides is 1. The van der Waals surface area contributed by atoms with Crippen LogP contribution >= 0.6 is 27.3 Å². The first-order valence-electron chi connectivity index (χ1n) is 6.54. The van der Waals surface area contributed by atoms with E-state index in [0.29, 0.717) is 9.90 Å². The van der Waals surface area contributed by atoms with E-state index < -0.39 is 10.0 Å². The van der Waals surface area contributed by atoms with Gasteiger partial charge >= 0.3 is 0 Å². The highest BCUT2D eigenvalue weighted by molar-refractivity contribution is 9.11. The highest BCUT2D eigenvalue weighted by Gasteiger charge is 2.17. The second kappa shape index (κ2) is 6.91. The fraction of sp³-hybridized carbons (Fsp3) is 0.286. The summed E-state index contributed by atoms with van der Waals surface area (Å²) < 4.78 is 28.3. The Morgan fingerprint density at radius 2 is 2.05 bits per heavy atom. The predicted octanol–water partition coefficient (Wildman–Crippen LogP) is 3.98. The van der Waals surface area contributed by atoms with Crippen LogP contribution in [0.1, 0.15) is 25.5 Å².